The lowest BCUT2D eigenvalue weighted by Gasteiger charge is -2.25. The van der Waals surface area contributed by atoms with Crippen molar-refractivity contribution < 1.29 is 13.5 Å². The first-order valence-electron chi connectivity index (χ1n) is 5.89. The van der Waals surface area contributed by atoms with Crippen molar-refractivity contribution >= 4 is 9.84 Å². The fraction of sp³-hybridized carbons (Fsp3) is 0.333. The average Bonchev–Trinajstić information content (AvgIpc) is 2.37. The van der Waals surface area contributed by atoms with Crippen molar-refractivity contribution in [3.63, 3.8) is 0 Å². The molecule has 0 aromatic heterocycles. The molecule has 1 N–H and O–H groups in total. The van der Waals surface area contributed by atoms with Gasteiger partial charge in [0.25, 0.3) is 0 Å². The molecule has 0 aliphatic carbocycles. The quantitative estimate of drug-likeness (QED) is 0.841. The topological polar surface area (TPSA) is 54.4 Å². The van der Waals surface area contributed by atoms with Crippen molar-refractivity contribution in [3.8, 4) is 12.3 Å². The fourth-order valence-electron chi connectivity index (χ4n) is 1.49. The largest absolute Gasteiger partial charge is 0.388 e. The van der Waals surface area contributed by atoms with Crippen LogP contribution in [0.3, 0.4) is 0 Å². The summed E-state index contributed by atoms with van der Waals surface area (Å²) in [5, 5.41) is 11.0. The summed E-state index contributed by atoms with van der Waals surface area (Å²) in [6.45, 7) is 3.58. The van der Waals surface area contributed by atoms with E-state index in [0.29, 0.717) is 6.42 Å². The summed E-state index contributed by atoms with van der Waals surface area (Å²) in [6.07, 6.45) is 5.95. The van der Waals surface area contributed by atoms with E-state index in [2.05, 4.69) is 5.92 Å². The van der Waals surface area contributed by atoms with Gasteiger partial charge in [-0.3, -0.25) is 0 Å². The average molecular weight is 278 g/mol. The first-order chi connectivity index (χ1) is 8.79. The molecule has 3 nitrogen and oxygen atoms in total. The molecule has 0 aliphatic rings. The normalized spacial score (nSPS) is 14.2. The molecule has 0 saturated heterocycles. The van der Waals surface area contributed by atoms with Crippen LogP contribution in [0.4, 0.5) is 0 Å². The summed E-state index contributed by atoms with van der Waals surface area (Å²) in [6, 6.07) is 8.07. The van der Waals surface area contributed by atoms with E-state index in [1.165, 1.54) is 18.2 Å². The van der Waals surface area contributed by atoms with Crippen LogP contribution in [0.2, 0.25) is 0 Å². The Morgan fingerprint density at radius 2 is 1.95 bits per heavy atom. The minimum atomic E-state index is -3.52. The summed E-state index contributed by atoms with van der Waals surface area (Å²) in [4.78, 5) is 0.202. The minimum absolute atomic E-state index is 0.202. The molecule has 102 valence electrons. The molecule has 1 aromatic carbocycles. The zero-order chi connectivity index (χ0) is 14.5. The van der Waals surface area contributed by atoms with Crippen LogP contribution in [-0.2, 0) is 9.84 Å². The number of aliphatic hydroxyl groups is 1. The van der Waals surface area contributed by atoms with Crippen LogP contribution in [0, 0.1) is 17.8 Å². The maximum atomic E-state index is 12.0. The second kappa shape index (κ2) is 6.05. The Morgan fingerprint density at radius 1 is 1.37 bits per heavy atom. The standard InChI is InChI=1S/C15H18O3S/c1-4-11-15(2,3)14(16)10-12-19(17,18)13-8-6-5-7-9-13/h1,5-10,12,14,16H,11H2,2-3H3/b12-10+. The summed E-state index contributed by atoms with van der Waals surface area (Å²) in [7, 11) is -3.52. The third kappa shape index (κ3) is 4.23. The van der Waals surface area contributed by atoms with Crippen LogP contribution in [-0.4, -0.2) is 19.6 Å². The van der Waals surface area contributed by atoms with Crippen LogP contribution in [0.5, 0.6) is 0 Å². The molecule has 0 bridgehead atoms. The Kier molecular flexibility index (Phi) is 4.93. The van der Waals surface area contributed by atoms with E-state index < -0.39 is 21.4 Å². The van der Waals surface area contributed by atoms with Gasteiger partial charge in [-0.15, -0.1) is 12.3 Å². The van der Waals surface area contributed by atoms with Gasteiger partial charge in [0.2, 0.25) is 0 Å². The lowest BCUT2D eigenvalue weighted by molar-refractivity contribution is 0.0948. The minimum Gasteiger partial charge on any atom is -0.388 e. The first-order valence-corrected chi connectivity index (χ1v) is 7.44. The van der Waals surface area contributed by atoms with Gasteiger partial charge >= 0.3 is 0 Å². The summed E-state index contributed by atoms with van der Waals surface area (Å²) < 4.78 is 24.0. The van der Waals surface area contributed by atoms with Gasteiger partial charge in [-0.1, -0.05) is 32.0 Å². The zero-order valence-electron chi connectivity index (χ0n) is 11.1. The van der Waals surface area contributed by atoms with Crippen LogP contribution >= 0.6 is 0 Å². The highest BCUT2D eigenvalue weighted by atomic mass is 32.2. The number of sulfone groups is 1. The first kappa shape index (κ1) is 15.5. The van der Waals surface area contributed by atoms with Crippen LogP contribution < -0.4 is 0 Å². The molecule has 1 atom stereocenters. The molecule has 0 spiro atoms. The van der Waals surface area contributed by atoms with E-state index in [0.717, 1.165) is 5.41 Å². The van der Waals surface area contributed by atoms with Crippen molar-refractivity contribution in [3.05, 3.63) is 41.8 Å². The maximum Gasteiger partial charge on any atom is 0.199 e. The Balaban J connectivity index is 2.91. The van der Waals surface area contributed by atoms with Crippen molar-refractivity contribution in [1.82, 2.24) is 0 Å². The zero-order valence-corrected chi connectivity index (χ0v) is 11.9. The monoisotopic (exact) mass is 278 g/mol. The summed E-state index contributed by atoms with van der Waals surface area (Å²) >= 11 is 0. The van der Waals surface area contributed by atoms with E-state index in [1.54, 1.807) is 32.0 Å². The summed E-state index contributed by atoms with van der Waals surface area (Å²) in [5.41, 5.74) is -0.558. The molecule has 0 heterocycles. The van der Waals surface area contributed by atoms with E-state index in [-0.39, 0.29) is 4.90 Å². The van der Waals surface area contributed by atoms with E-state index in [9.17, 15) is 13.5 Å². The van der Waals surface area contributed by atoms with Gasteiger partial charge in [0, 0.05) is 17.2 Å². The molecule has 0 fully saturated rings. The smallest absolute Gasteiger partial charge is 0.199 e. The van der Waals surface area contributed by atoms with Gasteiger partial charge in [0.05, 0.1) is 11.0 Å². The second-order valence-electron chi connectivity index (χ2n) is 5.00. The predicted molar refractivity (Wildman–Crippen MR) is 76.0 cm³/mol. The number of hydrogen-bond donors (Lipinski definition) is 1. The Hall–Kier alpha value is -1.57. The molecule has 4 heteroatoms. The van der Waals surface area contributed by atoms with Crippen LogP contribution in [0.15, 0.2) is 46.7 Å². The molecule has 19 heavy (non-hydrogen) atoms. The van der Waals surface area contributed by atoms with Gasteiger partial charge < -0.3 is 5.11 Å². The highest BCUT2D eigenvalue weighted by Crippen LogP contribution is 2.26. The second-order valence-corrected chi connectivity index (χ2v) is 6.83. The number of terminal acetylenes is 1. The lowest BCUT2D eigenvalue weighted by Crippen LogP contribution is -2.27. The van der Waals surface area contributed by atoms with Gasteiger partial charge in [0.15, 0.2) is 9.84 Å². The highest BCUT2D eigenvalue weighted by molar-refractivity contribution is 7.94. The van der Waals surface area contributed by atoms with E-state index in [4.69, 9.17) is 6.42 Å². The Morgan fingerprint density at radius 3 is 2.47 bits per heavy atom. The number of rotatable bonds is 5. The molecule has 0 saturated carbocycles. The molecule has 1 unspecified atom stereocenters. The molecular weight excluding hydrogens is 260 g/mol. The van der Waals surface area contributed by atoms with Crippen molar-refractivity contribution in [2.45, 2.75) is 31.3 Å². The molecule has 0 aliphatic heterocycles. The third-order valence-corrected chi connectivity index (χ3v) is 4.31. The van der Waals surface area contributed by atoms with Crippen LogP contribution in [0.25, 0.3) is 0 Å². The highest BCUT2D eigenvalue weighted by Gasteiger charge is 2.25. The van der Waals surface area contributed by atoms with Gasteiger partial charge in [-0.05, 0) is 18.2 Å². The number of hydrogen-bond acceptors (Lipinski definition) is 3. The Bertz CT molecular complexity index is 578. The molecule has 0 amide bonds. The maximum absolute atomic E-state index is 12.0. The number of benzene rings is 1. The predicted octanol–water partition coefficient (Wildman–Crippen LogP) is 2.38. The van der Waals surface area contributed by atoms with Gasteiger partial charge in [0.1, 0.15) is 0 Å². The van der Waals surface area contributed by atoms with Gasteiger partial charge in [-0.25, -0.2) is 8.42 Å². The van der Waals surface area contributed by atoms with Crippen LogP contribution in [0.1, 0.15) is 20.3 Å². The molecular formula is C15H18O3S. The van der Waals surface area contributed by atoms with Crippen molar-refractivity contribution in [2.24, 2.45) is 5.41 Å². The number of aliphatic hydroxyl groups excluding tert-OH is 1. The SMILES string of the molecule is C#CCC(C)(C)C(O)/C=C/S(=O)(=O)c1ccccc1. The molecule has 1 aromatic rings. The van der Waals surface area contributed by atoms with Crippen molar-refractivity contribution in [1.29, 1.82) is 0 Å². The third-order valence-electron chi connectivity index (χ3n) is 2.87. The fourth-order valence-corrected chi connectivity index (χ4v) is 2.54. The van der Waals surface area contributed by atoms with Crippen molar-refractivity contribution in [2.75, 3.05) is 0 Å². The lowest BCUT2D eigenvalue weighted by atomic mass is 9.83. The Labute approximate surface area is 114 Å². The van der Waals surface area contributed by atoms with Gasteiger partial charge in [-0.2, -0.15) is 0 Å². The summed E-state index contributed by atoms with van der Waals surface area (Å²) in [5.74, 6) is 2.47. The van der Waals surface area contributed by atoms with E-state index >= 15 is 0 Å². The molecule has 1 rings (SSSR count). The van der Waals surface area contributed by atoms with E-state index in [1.807, 2.05) is 0 Å². The molecule has 0 radical (unpaired) electrons.